The highest BCUT2D eigenvalue weighted by Gasteiger charge is 2.27. The van der Waals surface area contributed by atoms with Crippen molar-refractivity contribution in [3.8, 4) is 0 Å². The van der Waals surface area contributed by atoms with E-state index in [1.54, 1.807) is 6.20 Å². The number of nitrogens with zero attached hydrogens (tertiary/aromatic N) is 2. The monoisotopic (exact) mass is 373 g/mol. The first kappa shape index (κ1) is 18.1. The van der Waals surface area contributed by atoms with Gasteiger partial charge in [-0.2, -0.15) is 0 Å². The second-order valence-electron chi connectivity index (χ2n) is 6.51. The summed E-state index contributed by atoms with van der Waals surface area (Å²) < 4.78 is 0.828. The third-order valence-electron chi connectivity index (χ3n) is 4.65. The van der Waals surface area contributed by atoms with E-state index in [2.05, 4.69) is 29.0 Å². The van der Waals surface area contributed by atoms with Crippen LogP contribution in [0.1, 0.15) is 33.1 Å². The number of rotatable bonds is 3. The summed E-state index contributed by atoms with van der Waals surface area (Å²) in [5, 5.41) is 3.94. The van der Waals surface area contributed by atoms with Gasteiger partial charge in [0.1, 0.15) is 4.32 Å². The van der Waals surface area contributed by atoms with Crippen LogP contribution in [0.3, 0.4) is 0 Å². The fraction of sp³-hybridized carbons (Fsp3) is 0.421. The van der Waals surface area contributed by atoms with Crippen LogP contribution in [0.15, 0.2) is 36.5 Å². The number of piperidine rings is 1. The van der Waals surface area contributed by atoms with Crippen LogP contribution in [0, 0.1) is 0 Å². The molecule has 1 aliphatic rings. The number of benzene rings is 1. The van der Waals surface area contributed by atoms with Crippen LogP contribution in [-0.4, -0.2) is 37.9 Å². The van der Waals surface area contributed by atoms with Crippen LogP contribution < -0.4 is 5.32 Å². The summed E-state index contributed by atoms with van der Waals surface area (Å²) in [5.41, 5.74) is 1.67. The van der Waals surface area contributed by atoms with E-state index < -0.39 is 0 Å². The maximum atomic E-state index is 12.4. The topological polar surface area (TPSA) is 45.2 Å². The maximum absolute atomic E-state index is 12.4. The summed E-state index contributed by atoms with van der Waals surface area (Å²) in [7, 11) is 0. The Hall–Kier alpha value is -1.66. The minimum atomic E-state index is -0.0407. The number of nitrogens with one attached hydrogen (secondary N) is 1. The second-order valence-corrected chi connectivity index (χ2v) is 8.12. The van der Waals surface area contributed by atoms with Crippen LogP contribution in [0.5, 0.6) is 0 Å². The molecule has 1 amide bonds. The van der Waals surface area contributed by atoms with Crippen LogP contribution in [0.25, 0.3) is 10.9 Å². The van der Waals surface area contributed by atoms with Crippen LogP contribution in [0.2, 0.25) is 0 Å². The smallest absolute Gasteiger partial charge is 0.234 e. The Morgan fingerprint density at radius 2 is 2.04 bits per heavy atom. The fourth-order valence-corrected chi connectivity index (χ4v) is 4.75. The molecule has 6 heteroatoms. The van der Waals surface area contributed by atoms with E-state index in [9.17, 15) is 4.79 Å². The van der Waals surface area contributed by atoms with Crippen molar-refractivity contribution in [2.24, 2.45) is 0 Å². The molecule has 0 radical (unpaired) electrons. The minimum Gasteiger partial charge on any atom is -0.352 e. The van der Waals surface area contributed by atoms with E-state index in [4.69, 9.17) is 12.2 Å². The van der Waals surface area contributed by atoms with Gasteiger partial charge in [-0.15, -0.1) is 0 Å². The van der Waals surface area contributed by atoms with Crippen molar-refractivity contribution < 1.29 is 4.79 Å². The van der Waals surface area contributed by atoms with Crippen LogP contribution in [0.4, 0.5) is 5.69 Å². The third kappa shape index (κ3) is 4.30. The molecule has 0 saturated carbocycles. The average molecular weight is 374 g/mol. The van der Waals surface area contributed by atoms with E-state index in [1.807, 2.05) is 30.3 Å². The first-order chi connectivity index (χ1) is 12.1. The highest BCUT2D eigenvalue weighted by atomic mass is 32.2. The molecule has 2 heterocycles. The number of thioether (sulfide) groups is 1. The van der Waals surface area contributed by atoms with Gasteiger partial charge in [0.2, 0.25) is 5.91 Å². The molecule has 2 atom stereocenters. The van der Waals surface area contributed by atoms with E-state index in [0.717, 1.165) is 20.9 Å². The zero-order valence-electron chi connectivity index (χ0n) is 14.6. The molecule has 1 fully saturated rings. The molecular formula is C19H23N3OS2. The van der Waals surface area contributed by atoms with Crippen molar-refractivity contribution in [2.45, 2.75) is 45.2 Å². The first-order valence-corrected chi connectivity index (χ1v) is 10.0. The first-order valence-electron chi connectivity index (χ1n) is 8.65. The summed E-state index contributed by atoms with van der Waals surface area (Å²) in [6, 6.07) is 10.5. The van der Waals surface area contributed by atoms with E-state index in [-0.39, 0.29) is 5.91 Å². The van der Waals surface area contributed by atoms with Gasteiger partial charge in [0.05, 0.1) is 17.0 Å². The number of anilines is 1. The highest BCUT2D eigenvalue weighted by molar-refractivity contribution is 8.23. The summed E-state index contributed by atoms with van der Waals surface area (Å²) in [6.45, 7) is 4.43. The lowest BCUT2D eigenvalue weighted by Gasteiger charge is -2.40. The van der Waals surface area contributed by atoms with E-state index in [1.165, 1.54) is 31.0 Å². The summed E-state index contributed by atoms with van der Waals surface area (Å²) in [4.78, 5) is 19.0. The molecular weight excluding hydrogens is 350 g/mol. The Kier molecular flexibility index (Phi) is 5.91. The lowest BCUT2D eigenvalue weighted by atomic mass is 9.99. The molecule has 0 bridgehead atoms. The van der Waals surface area contributed by atoms with Gasteiger partial charge in [-0.05, 0) is 57.4 Å². The summed E-state index contributed by atoms with van der Waals surface area (Å²) in [5.74, 6) is 0.284. The quantitative estimate of drug-likeness (QED) is 0.805. The van der Waals surface area contributed by atoms with Crippen molar-refractivity contribution in [1.82, 2.24) is 9.88 Å². The Labute approximate surface area is 158 Å². The number of hydrogen-bond donors (Lipinski definition) is 1. The zero-order valence-corrected chi connectivity index (χ0v) is 16.2. The molecule has 0 unspecified atom stereocenters. The number of carbonyl (C=O) groups excluding carboxylic acids is 1. The van der Waals surface area contributed by atoms with Crippen molar-refractivity contribution in [1.29, 1.82) is 0 Å². The maximum Gasteiger partial charge on any atom is 0.234 e. The van der Waals surface area contributed by atoms with Gasteiger partial charge in [0.15, 0.2) is 0 Å². The van der Waals surface area contributed by atoms with Crippen LogP contribution in [-0.2, 0) is 4.79 Å². The number of thiocarbonyl (C=S) groups is 1. The lowest BCUT2D eigenvalue weighted by Crippen LogP contribution is -2.45. The minimum absolute atomic E-state index is 0.0407. The van der Waals surface area contributed by atoms with Crippen molar-refractivity contribution >= 4 is 50.8 Å². The molecule has 1 saturated heterocycles. The predicted molar refractivity (Wildman–Crippen MR) is 110 cm³/mol. The molecule has 3 rings (SSSR count). The number of pyridine rings is 1. The molecule has 1 aliphatic heterocycles. The van der Waals surface area contributed by atoms with Gasteiger partial charge < -0.3 is 10.2 Å². The van der Waals surface area contributed by atoms with Gasteiger partial charge >= 0.3 is 0 Å². The van der Waals surface area contributed by atoms with Gasteiger partial charge in [-0.1, -0.05) is 30.0 Å². The second kappa shape index (κ2) is 8.15. The molecule has 4 nitrogen and oxygen atoms in total. The van der Waals surface area contributed by atoms with E-state index >= 15 is 0 Å². The normalized spacial score (nSPS) is 20.5. The SMILES string of the molecule is C[C@H]1CCC[C@H](C)N1C(=S)SCC(=O)Nc1cccc2ncccc12. The Morgan fingerprint density at radius 1 is 1.28 bits per heavy atom. The van der Waals surface area contributed by atoms with Gasteiger partial charge in [0.25, 0.3) is 0 Å². The van der Waals surface area contributed by atoms with Gasteiger partial charge in [0, 0.05) is 23.7 Å². The van der Waals surface area contributed by atoms with Crippen molar-refractivity contribution in [2.75, 3.05) is 11.1 Å². The lowest BCUT2D eigenvalue weighted by molar-refractivity contribution is -0.113. The highest BCUT2D eigenvalue weighted by Crippen LogP contribution is 2.27. The van der Waals surface area contributed by atoms with E-state index in [0.29, 0.717) is 17.8 Å². The number of amides is 1. The molecule has 0 aliphatic carbocycles. The van der Waals surface area contributed by atoms with Crippen molar-refractivity contribution in [3.05, 3.63) is 36.5 Å². The molecule has 132 valence electrons. The molecule has 1 aromatic carbocycles. The fourth-order valence-electron chi connectivity index (χ4n) is 3.38. The number of carbonyl (C=O) groups is 1. The Balaban J connectivity index is 1.60. The largest absolute Gasteiger partial charge is 0.352 e. The number of likely N-dealkylation sites (tertiary alicyclic amines) is 1. The average Bonchev–Trinajstić information content (AvgIpc) is 2.60. The van der Waals surface area contributed by atoms with Gasteiger partial charge in [-0.25, -0.2) is 0 Å². The third-order valence-corrected chi connectivity index (χ3v) is 6.08. The van der Waals surface area contributed by atoms with Gasteiger partial charge in [-0.3, -0.25) is 9.78 Å². The Morgan fingerprint density at radius 3 is 2.80 bits per heavy atom. The molecule has 2 aromatic rings. The zero-order chi connectivity index (χ0) is 17.8. The van der Waals surface area contributed by atoms with Crippen molar-refractivity contribution in [3.63, 3.8) is 0 Å². The number of fused-ring (bicyclic) bond motifs is 1. The predicted octanol–water partition coefficient (Wildman–Crippen LogP) is 4.45. The van der Waals surface area contributed by atoms with Crippen LogP contribution >= 0.6 is 24.0 Å². The molecule has 0 spiro atoms. The summed E-state index contributed by atoms with van der Waals surface area (Å²) >= 11 is 7.04. The number of aromatic nitrogens is 1. The number of hydrogen-bond acceptors (Lipinski definition) is 4. The molecule has 1 aromatic heterocycles. The molecule has 1 N–H and O–H groups in total. The summed E-state index contributed by atoms with van der Waals surface area (Å²) in [6.07, 6.45) is 5.34. The Bertz CT molecular complexity index is 765. The molecule has 25 heavy (non-hydrogen) atoms. The standard InChI is InChI=1S/C19H23N3OS2/c1-13-6-3-7-14(2)22(13)19(24)25-12-18(23)21-17-10-4-9-16-15(17)8-5-11-20-16/h4-5,8-11,13-14H,3,6-7,12H2,1-2H3,(H,21,23)/t13-,14-/m0/s1.